The number of nitrogens with one attached hydrogen (secondary N) is 2. The van der Waals surface area contributed by atoms with Gasteiger partial charge in [0.25, 0.3) is 22.2 Å². The lowest BCUT2D eigenvalue weighted by Gasteiger charge is -2.10. The maximum atomic E-state index is 13.1. The zero-order valence-electron chi connectivity index (χ0n) is 18.0. The number of carboxylic acids is 2. The van der Waals surface area contributed by atoms with Crippen LogP contribution in [0.4, 0.5) is 0 Å². The maximum Gasteiger partial charge on any atom is 0.335 e. The molecule has 0 unspecified atom stereocenters. The van der Waals surface area contributed by atoms with E-state index in [4.69, 9.17) is 10.2 Å². The normalized spacial score (nSPS) is 11.1. The number of nitrogens with zero attached hydrogens (tertiary/aromatic N) is 2. The predicted octanol–water partition coefficient (Wildman–Crippen LogP) is 1.07. The van der Waals surface area contributed by atoms with Crippen LogP contribution in [0.25, 0.3) is 32.9 Å². The van der Waals surface area contributed by atoms with Gasteiger partial charge in [-0.15, -0.1) is 0 Å². The Morgan fingerprint density at radius 3 is 1.19 bits per heavy atom. The van der Waals surface area contributed by atoms with Crippen LogP contribution in [-0.2, 0) is 0 Å². The van der Waals surface area contributed by atoms with Gasteiger partial charge in [-0.2, -0.15) is 0 Å². The summed E-state index contributed by atoms with van der Waals surface area (Å²) in [7, 11) is 0. The van der Waals surface area contributed by atoms with E-state index in [2.05, 4.69) is 10.2 Å². The van der Waals surface area contributed by atoms with E-state index in [9.17, 15) is 28.8 Å². The third-order valence-corrected chi connectivity index (χ3v) is 5.69. The molecule has 0 saturated heterocycles. The molecule has 0 aliphatic carbocycles. The van der Waals surface area contributed by atoms with Gasteiger partial charge in [-0.25, -0.2) is 19.0 Å². The molecule has 2 aromatic heterocycles. The van der Waals surface area contributed by atoms with Crippen molar-refractivity contribution in [2.45, 2.75) is 0 Å². The second-order valence-corrected chi connectivity index (χ2v) is 7.81. The van der Waals surface area contributed by atoms with Gasteiger partial charge in [0.1, 0.15) is 0 Å². The Kier molecular flexibility index (Phi) is 4.99. The number of carbonyl (C=O) groups is 2. The highest BCUT2D eigenvalue weighted by atomic mass is 16.4. The molecule has 0 bridgehead atoms. The first-order chi connectivity index (χ1) is 17.2. The van der Waals surface area contributed by atoms with Crippen molar-refractivity contribution in [2.75, 3.05) is 0 Å². The van der Waals surface area contributed by atoms with Gasteiger partial charge in [0.2, 0.25) is 0 Å². The zero-order chi connectivity index (χ0) is 25.7. The number of aromatic nitrogens is 4. The van der Waals surface area contributed by atoms with Crippen LogP contribution in [0.2, 0.25) is 0 Å². The first kappa shape index (κ1) is 22.3. The van der Waals surface area contributed by atoms with Crippen LogP contribution < -0.4 is 22.2 Å². The lowest BCUT2D eigenvalue weighted by Crippen LogP contribution is -2.31. The molecule has 0 atom stereocenters. The van der Waals surface area contributed by atoms with Crippen molar-refractivity contribution in [3.05, 3.63) is 113 Å². The molecule has 0 fully saturated rings. The number of aromatic amines is 2. The third kappa shape index (κ3) is 3.49. The van der Waals surface area contributed by atoms with Crippen molar-refractivity contribution in [3.8, 4) is 11.4 Å². The van der Waals surface area contributed by atoms with Gasteiger partial charge < -0.3 is 10.2 Å². The molecule has 12 nitrogen and oxygen atoms in total. The average molecular weight is 486 g/mol. The largest absolute Gasteiger partial charge is 0.478 e. The van der Waals surface area contributed by atoms with Gasteiger partial charge in [-0.3, -0.25) is 29.4 Å². The summed E-state index contributed by atoms with van der Waals surface area (Å²) in [6.45, 7) is 0. The Hall–Kier alpha value is -5.52. The molecule has 0 saturated carbocycles. The first-order valence-electron chi connectivity index (χ1n) is 10.3. The lowest BCUT2D eigenvalue weighted by molar-refractivity contribution is 0.0686. The topological polar surface area (TPSA) is 184 Å². The highest BCUT2D eigenvalue weighted by Gasteiger charge is 2.16. The van der Waals surface area contributed by atoms with Gasteiger partial charge in [-0.1, -0.05) is 0 Å². The molecule has 36 heavy (non-hydrogen) atoms. The summed E-state index contributed by atoms with van der Waals surface area (Å²) >= 11 is 0. The number of rotatable bonds is 4. The maximum absolute atomic E-state index is 13.1. The Morgan fingerprint density at radius 1 is 0.556 bits per heavy atom. The Morgan fingerprint density at radius 2 is 0.889 bits per heavy atom. The molecule has 178 valence electrons. The number of hydrogen-bond donors (Lipinski definition) is 4. The Bertz CT molecular complexity index is 1820. The molecule has 0 aliphatic heterocycles. The fraction of sp³-hybridized carbons (Fsp3) is 0. The van der Waals surface area contributed by atoms with Crippen molar-refractivity contribution in [1.82, 2.24) is 19.6 Å². The fourth-order valence-corrected chi connectivity index (χ4v) is 3.87. The molecular weight excluding hydrogens is 472 g/mol. The molecule has 0 amide bonds. The average Bonchev–Trinajstić information content (AvgIpc) is 2.87. The molecule has 2 heterocycles. The van der Waals surface area contributed by atoms with E-state index in [1.165, 1.54) is 48.5 Å². The third-order valence-electron chi connectivity index (χ3n) is 5.69. The molecule has 4 N–H and O–H groups in total. The van der Waals surface area contributed by atoms with Crippen molar-refractivity contribution in [1.29, 1.82) is 0 Å². The molecule has 0 aliphatic rings. The summed E-state index contributed by atoms with van der Waals surface area (Å²) in [5.41, 5.74) is -2.46. The molecule has 5 rings (SSSR count). The van der Waals surface area contributed by atoms with Gasteiger partial charge in [0, 0.05) is 0 Å². The predicted molar refractivity (Wildman–Crippen MR) is 128 cm³/mol. The van der Waals surface area contributed by atoms with Crippen molar-refractivity contribution >= 4 is 33.5 Å². The highest BCUT2D eigenvalue weighted by Crippen LogP contribution is 2.15. The fourth-order valence-electron chi connectivity index (χ4n) is 3.87. The smallest absolute Gasteiger partial charge is 0.335 e. The van der Waals surface area contributed by atoms with Crippen LogP contribution in [0, 0.1) is 0 Å². The van der Waals surface area contributed by atoms with Gasteiger partial charge in [0.15, 0.2) is 0 Å². The number of hydrogen-bond acceptors (Lipinski definition) is 6. The van der Waals surface area contributed by atoms with Gasteiger partial charge in [0.05, 0.1) is 44.0 Å². The number of benzene rings is 3. The van der Waals surface area contributed by atoms with E-state index in [1.54, 1.807) is 0 Å². The molecule has 5 aromatic rings. The van der Waals surface area contributed by atoms with E-state index >= 15 is 0 Å². The summed E-state index contributed by atoms with van der Waals surface area (Å²) in [5.74, 6) is -2.31. The molecule has 0 spiro atoms. The summed E-state index contributed by atoms with van der Waals surface area (Å²) in [6, 6.07) is 12.7. The first-order valence-corrected chi connectivity index (χ1v) is 10.3. The van der Waals surface area contributed by atoms with Crippen LogP contribution in [-0.4, -0.2) is 41.7 Å². The minimum atomic E-state index is -1.16. The van der Waals surface area contributed by atoms with Crippen molar-refractivity contribution in [3.63, 3.8) is 0 Å². The monoisotopic (exact) mass is 486 g/mol. The number of H-pyrrole nitrogens is 2. The van der Waals surface area contributed by atoms with Crippen LogP contribution in [0.1, 0.15) is 20.7 Å². The molecule has 0 radical (unpaired) electrons. The molecular formula is C24H14N4O8. The van der Waals surface area contributed by atoms with E-state index in [-0.39, 0.29) is 44.0 Å². The number of fused-ring (bicyclic) bond motifs is 2. The minimum Gasteiger partial charge on any atom is -0.478 e. The van der Waals surface area contributed by atoms with E-state index in [1.807, 2.05) is 0 Å². The van der Waals surface area contributed by atoms with Crippen LogP contribution >= 0.6 is 0 Å². The van der Waals surface area contributed by atoms with E-state index in [0.717, 1.165) is 21.5 Å². The quantitative estimate of drug-likeness (QED) is 0.272. The number of carboxylic acid groups (broad SMARTS) is 2. The zero-order valence-corrected chi connectivity index (χ0v) is 18.0. The molecule has 12 heteroatoms. The summed E-state index contributed by atoms with van der Waals surface area (Å²) in [4.78, 5) is 74.1. The van der Waals surface area contributed by atoms with Crippen LogP contribution in [0.15, 0.2) is 79.8 Å². The SMILES string of the molecule is O=C(O)c1ccc(-n2[nH]c(=O)c3cc4c(=O)n(-c5ccc(C(=O)O)cc5)[nH]c(=O)c4cc3c2=O)cc1. The van der Waals surface area contributed by atoms with Crippen LogP contribution in [0.5, 0.6) is 0 Å². The summed E-state index contributed by atoms with van der Waals surface area (Å²) < 4.78 is 1.84. The van der Waals surface area contributed by atoms with Crippen LogP contribution in [0.3, 0.4) is 0 Å². The van der Waals surface area contributed by atoms with Crippen molar-refractivity contribution in [2.24, 2.45) is 0 Å². The Balaban J connectivity index is 1.73. The standard InChI is InChI=1S/C24H14N4O8/c29-19-15-10-18-16(20(30)26-28(22(18)32)14-7-3-12(4-8-14)24(35)36)9-17(15)21(31)27(25-19)13-5-1-11(2-6-13)23(33)34/h1-10H,(H,25,29)(H,26,30)(H,33,34)(H,35,36). The summed E-state index contributed by atoms with van der Waals surface area (Å²) in [5, 5.41) is 22.4. The second kappa shape index (κ2) is 8.06. The molecule has 3 aromatic carbocycles. The minimum absolute atomic E-state index is 0.0126. The highest BCUT2D eigenvalue weighted by molar-refractivity contribution is 5.96. The Labute approximate surface area is 197 Å². The van der Waals surface area contributed by atoms with E-state index < -0.39 is 34.2 Å². The lowest BCUT2D eigenvalue weighted by atomic mass is 10.1. The number of aromatic carboxylic acids is 2. The van der Waals surface area contributed by atoms with E-state index in [0.29, 0.717) is 0 Å². The van der Waals surface area contributed by atoms with Gasteiger partial charge in [-0.05, 0) is 60.7 Å². The summed E-state index contributed by atoms with van der Waals surface area (Å²) in [6.07, 6.45) is 0. The van der Waals surface area contributed by atoms with Crippen molar-refractivity contribution < 1.29 is 19.8 Å². The second-order valence-electron chi connectivity index (χ2n) is 7.81. The van der Waals surface area contributed by atoms with Gasteiger partial charge >= 0.3 is 11.9 Å².